The molecule has 3 nitrogen and oxygen atoms in total. The Balaban J connectivity index is 1.27. The molecular weight excluding hydrogens is 500 g/mol. The number of hydrogen-bond acceptors (Lipinski definition) is 3. The fraction of sp³-hybridized carbons (Fsp3) is 0. The summed E-state index contributed by atoms with van der Waals surface area (Å²) in [7, 11) is 0. The van der Waals surface area contributed by atoms with Crippen LogP contribution in [0, 0.1) is 0 Å². The summed E-state index contributed by atoms with van der Waals surface area (Å²) < 4.78 is 6.22. The smallest absolute Gasteiger partial charge is 0.136 e. The van der Waals surface area contributed by atoms with Gasteiger partial charge in [0.1, 0.15) is 11.2 Å². The van der Waals surface area contributed by atoms with Crippen molar-refractivity contribution in [2.24, 2.45) is 0 Å². The van der Waals surface area contributed by atoms with Crippen LogP contribution in [0.1, 0.15) is 0 Å². The Kier molecular flexibility index (Phi) is 5.46. The van der Waals surface area contributed by atoms with Gasteiger partial charge in [-0.25, -0.2) is 0 Å². The molecule has 194 valence electrons. The second-order valence-corrected chi connectivity index (χ2v) is 10.4. The van der Waals surface area contributed by atoms with Gasteiger partial charge in [0.2, 0.25) is 0 Å². The molecular formula is C38H26N2O. The predicted molar refractivity (Wildman–Crippen MR) is 174 cm³/mol. The number of fused-ring (bicyclic) bond motifs is 5. The van der Waals surface area contributed by atoms with E-state index in [2.05, 4.69) is 138 Å². The molecule has 1 aromatic heterocycles. The summed E-state index contributed by atoms with van der Waals surface area (Å²) in [6.07, 6.45) is 0. The second kappa shape index (κ2) is 9.58. The van der Waals surface area contributed by atoms with E-state index in [4.69, 9.17) is 4.42 Å². The minimum Gasteiger partial charge on any atom is -0.456 e. The SMILES string of the molecule is c1ccc2cc(Nc3cc(Nc4ccc5ccccc5c4)cc(-c4cccc5oc6ccccc6c45)c3)ccc2c1. The van der Waals surface area contributed by atoms with Crippen molar-refractivity contribution in [3.63, 3.8) is 0 Å². The largest absolute Gasteiger partial charge is 0.456 e. The van der Waals surface area contributed by atoms with Crippen molar-refractivity contribution in [3.05, 3.63) is 146 Å². The van der Waals surface area contributed by atoms with Crippen LogP contribution in [0.2, 0.25) is 0 Å². The van der Waals surface area contributed by atoms with E-state index < -0.39 is 0 Å². The number of nitrogens with one attached hydrogen (secondary N) is 2. The summed E-state index contributed by atoms with van der Waals surface area (Å²) in [4.78, 5) is 0. The van der Waals surface area contributed by atoms with Crippen LogP contribution in [-0.2, 0) is 0 Å². The molecule has 0 atom stereocenters. The van der Waals surface area contributed by atoms with Crippen molar-refractivity contribution in [3.8, 4) is 11.1 Å². The van der Waals surface area contributed by atoms with Crippen LogP contribution in [0.15, 0.2) is 150 Å². The Hall–Kier alpha value is -5.54. The van der Waals surface area contributed by atoms with Crippen LogP contribution in [0.3, 0.4) is 0 Å². The highest BCUT2D eigenvalue weighted by atomic mass is 16.3. The van der Waals surface area contributed by atoms with E-state index >= 15 is 0 Å². The number of para-hydroxylation sites is 1. The summed E-state index contributed by atoms with van der Waals surface area (Å²) in [5.74, 6) is 0. The quantitative estimate of drug-likeness (QED) is 0.234. The van der Waals surface area contributed by atoms with Crippen LogP contribution >= 0.6 is 0 Å². The molecule has 0 saturated heterocycles. The van der Waals surface area contributed by atoms with E-state index in [-0.39, 0.29) is 0 Å². The lowest BCUT2D eigenvalue weighted by molar-refractivity contribution is 0.669. The van der Waals surface area contributed by atoms with Crippen LogP contribution in [-0.4, -0.2) is 0 Å². The third kappa shape index (κ3) is 4.34. The third-order valence-electron chi connectivity index (χ3n) is 7.72. The zero-order chi connectivity index (χ0) is 27.2. The molecule has 3 heteroatoms. The maximum Gasteiger partial charge on any atom is 0.136 e. The molecule has 0 amide bonds. The minimum atomic E-state index is 0.889. The van der Waals surface area contributed by atoms with Crippen LogP contribution in [0.5, 0.6) is 0 Å². The molecule has 0 fully saturated rings. The predicted octanol–water partition coefficient (Wildman–Crippen LogP) is 11.0. The first-order valence-corrected chi connectivity index (χ1v) is 13.8. The molecule has 0 aliphatic rings. The van der Waals surface area contributed by atoms with Gasteiger partial charge >= 0.3 is 0 Å². The molecule has 8 aromatic rings. The topological polar surface area (TPSA) is 37.2 Å². The molecule has 0 bridgehead atoms. The zero-order valence-corrected chi connectivity index (χ0v) is 22.3. The van der Waals surface area contributed by atoms with Crippen LogP contribution in [0.25, 0.3) is 54.6 Å². The lowest BCUT2D eigenvalue weighted by Crippen LogP contribution is -1.96. The summed E-state index contributed by atoms with van der Waals surface area (Å²) >= 11 is 0. The van der Waals surface area contributed by atoms with Gasteiger partial charge < -0.3 is 15.1 Å². The number of hydrogen-bond donors (Lipinski definition) is 2. The molecule has 0 unspecified atom stereocenters. The average molecular weight is 527 g/mol. The first-order valence-electron chi connectivity index (χ1n) is 13.8. The minimum absolute atomic E-state index is 0.889. The van der Waals surface area contributed by atoms with Crippen molar-refractivity contribution >= 4 is 66.2 Å². The summed E-state index contributed by atoms with van der Waals surface area (Å²) in [5.41, 5.74) is 8.13. The first kappa shape index (κ1) is 23.4. The molecule has 7 aromatic carbocycles. The van der Waals surface area contributed by atoms with Crippen molar-refractivity contribution in [2.75, 3.05) is 10.6 Å². The van der Waals surface area contributed by atoms with Gasteiger partial charge in [0, 0.05) is 33.5 Å². The van der Waals surface area contributed by atoms with Crippen molar-refractivity contribution in [2.45, 2.75) is 0 Å². The van der Waals surface area contributed by atoms with Crippen molar-refractivity contribution < 1.29 is 4.42 Å². The van der Waals surface area contributed by atoms with Gasteiger partial charge in [-0.15, -0.1) is 0 Å². The van der Waals surface area contributed by atoms with Gasteiger partial charge in [0.05, 0.1) is 0 Å². The van der Waals surface area contributed by atoms with E-state index in [0.717, 1.165) is 55.8 Å². The zero-order valence-electron chi connectivity index (χ0n) is 22.3. The summed E-state index contributed by atoms with van der Waals surface area (Å²) in [5, 5.41) is 14.5. The number of furan rings is 1. The molecule has 2 N–H and O–H groups in total. The van der Waals surface area contributed by atoms with Gasteiger partial charge in [-0.3, -0.25) is 0 Å². The van der Waals surface area contributed by atoms with Gasteiger partial charge in [-0.05, 0) is 87.3 Å². The van der Waals surface area contributed by atoms with E-state index in [1.165, 1.54) is 21.5 Å². The first-order chi connectivity index (χ1) is 20.3. The monoisotopic (exact) mass is 526 g/mol. The number of anilines is 4. The van der Waals surface area contributed by atoms with Gasteiger partial charge in [-0.2, -0.15) is 0 Å². The van der Waals surface area contributed by atoms with E-state index in [1.54, 1.807) is 0 Å². The Labute approximate surface area is 237 Å². The molecule has 41 heavy (non-hydrogen) atoms. The Bertz CT molecular complexity index is 2130. The standard InChI is InChI=1S/C38H26N2O/c1-3-10-27-20-30(18-16-25(27)8-1)39-32-22-29(34-13-7-15-37-38(34)35-12-5-6-14-36(35)41-37)23-33(24-32)40-31-19-17-26-9-2-4-11-28(26)21-31/h1-24,39-40H. The highest BCUT2D eigenvalue weighted by molar-refractivity contribution is 6.12. The van der Waals surface area contributed by atoms with E-state index in [9.17, 15) is 0 Å². The normalized spacial score (nSPS) is 11.4. The lowest BCUT2D eigenvalue weighted by atomic mass is 9.98. The summed E-state index contributed by atoms with van der Waals surface area (Å²) in [6, 6.07) is 51.0. The van der Waals surface area contributed by atoms with Crippen LogP contribution in [0.4, 0.5) is 22.7 Å². The van der Waals surface area contributed by atoms with Gasteiger partial charge in [-0.1, -0.05) is 91.0 Å². The Morgan fingerprint density at radius 2 is 0.951 bits per heavy atom. The molecule has 8 rings (SSSR count). The third-order valence-corrected chi connectivity index (χ3v) is 7.72. The second-order valence-electron chi connectivity index (χ2n) is 10.4. The molecule has 0 aliphatic heterocycles. The molecule has 1 heterocycles. The number of rotatable bonds is 5. The highest BCUT2D eigenvalue weighted by Crippen LogP contribution is 2.39. The maximum absolute atomic E-state index is 6.22. The Morgan fingerprint density at radius 1 is 0.390 bits per heavy atom. The average Bonchev–Trinajstić information content (AvgIpc) is 3.40. The summed E-state index contributed by atoms with van der Waals surface area (Å²) in [6.45, 7) is 0. The van der Waals surface area contributed by atoms with Gasteiger partial charge in [0.25, 0.3) is 0 Å². The fourth-order valence-corrected chi connectivity index (χ4v) is 5.81. The molecule has 0 radical (unpaired) electrons. The van der Waals surface area contributed by atoms with E-state index in [1.807, 2.05) is 18.2 Å². The fourth-order valence-electron chi connectivity index (χ4n) is 5.81. The van der Waals surface area contributed by atoms with Crippen LogP contribution < -0.4 is 10.6 Å². The van der Waals surface area contributed by atoms with Crippen molar-refractivity contribution in [1.29, 1.82) is 0 Å². The van der Waals surface area contributed by atoms with E-state index in [0.29, 0.717) is 0 Å². The Morgan fingerprint density at radius 3 is 1.61 bits per heavy atom. The highest BCUT2D eigenvalue weighted by Gasteiger charge is 2.14. The van der Waals surface area contributed by atoms with Crippen molar-refractivity contribution in [1.82, 2.24) is 0 Å². The maximum atomic E-state index is 6.22. The number of benzene rings is 7. The molecule has 0 spiro atoms. The molecule has 0 aliphatic carbocycles. The molecule has 0 saturated carbocycles. The lowest BCUT2D eigenvalue weighted by Gasteiger charge is -2.15. The van der Waals surface area contributed by atoms with Gasteiger partial charge in [0.15, 0.2) is 0 Å².